The predicted octanol–water partition coefficient (Wildman–Crippen LogP) is 25.8. The lowest BCUT2D eigenvalue weighted by Gasteiger charge is -2.21. The first kappa shape index (κ1) is 102. The third-order valence-electron chi connectivity index (χ3n) is 20.0. The van der Waals surface area contributed by atoms with Gasteiger partial charge in [-0.3, -0.25) is 37.3 Å². The zero-order valence-electron chi connectivity index (χ0n) is 68.3. The molecule has 19 heteroatoms. The molecule has 0 aromatic rings. The molecular formula is C85H166O17P2. The molecule has 2 unspecified atom stereocenters. The van der Waals surface area contributed by atoms with Gasteiger partial charge in [0.25, 0.3) is 0 Å². The van der Waals surface area contributed by atoms with Crippen molar-refractivity contribution in [2.75, 3.05) is 39.6 Å². The first-order valence-electron chi connectivity index (χ1n) is 44.0. The van der Waals surface area contributed by atoms with E-state index in [-0.39, 0.29) is 25.7 Å². The van der Waals surface area contributed by atoms with Crippen LogP contribution < -0.4 is 0 Å². The van der Waals surface area contributed by atoms with Crippen LogP contribution in [0.5, 0.6) is 0 Å². The van der Waals surface area contributed by atoms with E-state index in [2.05, 4.69) is 41.5 Å². The van der Waals surface area contributed by atoms with Crippen LogP contribution in [0.2, 0.25) is 0 Å². The van der Waals surface area contributed by atoms with E-state index in [1.54, 1.807) is 0 Å². The van der Waals surface area contributed by atoms with Crippen LogP contribution in [0.3, 0.4) is 0 Å². The molecule has 0 amide bonds. The van der Waals surface area contributed by atoms with Crippen molar-refractivity contribution in [3.05, 3.63) is 0 Å². The molecule has 0 rings (SSSR count). The lowest BCUT2D eigenvalue weighted by molar-refractivity contribution is -0.161. The number of aliphatic hydroxyl groups excluding tert-OH is 1. The predicted molar refractivity (Wildman–Crippen MR) is 428 cm³/mol. The lowest BCUT2D eigenvalue weighted by atomic mass is 10.0. The van der Waals surface area contributed by atoms with E-state index in [0.717, 1.165) is 102 Å². The molecule has 618 valence electrons. The van der Waals surface area contributed by atoms with Crippen molar-refractivity contribution in [1.29, 1.82) is 0 Å². The van der Waals surface area contributed by atoms with Crippen LogP contribution >= 0.6 is 15.6 Å². The van der Waals surface area contributed by atoms with E-state index in [1.165, 1.54) is 270 Å². The summed E-state index contributed by atoms with van der Waals surface area (Å²) in [5.41, 5.74) is 0. The molecule has 0 aromatic heterocycles. The summed E-state index contributed by atoms with van der Waals surface area (Å²) in [4.78, 5) is 73.2. The molecule has 0 saturated carbocycles. The van der Waals surface area contributed by atoms with Crippen molar-refractivity contribution in [3.8, 4) is 0 Å². The second-order valence-corrected chi connectivity index (χ2v) is 34.4. The molecule has 5 atom stereocenters. The number of phosphoric ester groups is 2. The van der Waals surface area contributed by atoms with Crippen LogP contribution in [0.25, 0.3) is 0 Å². The maximum atomic E-state index is 13.1. The van der Waals surface area contributed by atoms with E-state index in [0.29, 0.717) is 25.7 Å². The minimum Gasteiger partial charge on any atom is -0.462 e. The van der Waals surface area contributed by atoms with Crippen molar-refractivity contribution in [3.63, 3.8) is 0 Å². The molecule has 0 heterocycles. The van der Waals surface area contributed by atoms with Crippen molar-refractivity contribution in [1.82, 2.24) is 0 Å². The molecule has 17 nitrogen and oxygen atoms in total. The molecule has 0 aliphatic carbocycles. The Bertz CT molecular complexity index is 1990. The first-order valence-corrected chi connectivity index (χ1v) is 47.0. The molecule has 3 N–H and O–H groups in total. The number of aliphatic hydroxyl groups is 1. The SMILES string of the molecule is CCCCCCCCCCCCCCCCCCCCC(=O)O[C@H](COC(=O)CCCCCCCCCCCC)COP(=O)(O)OC[C@H](O)COP(=O)(O)OC[C@@H](COC(=O)CCCCCCCCCCCCCCCCCC(C)C)OC(=O)CCCCCCCCCCCCCCCCCC(C)C. The second-order valence-electron chi connectivity index (χ2n) is 31.5. The molecule has 0 bridgehead atoms. The molecular weight excluding hydrogens is 1350 g/mol. The minimum absolute atomic E-state index is 0.108. The van der Waals surface area contributed by atoms with Crippen LogP contribution in [-0.2, 0) is 65.4 Å². The topological polar surface area (TPSA) is 237 Å². The highest BCUT2D eigenvalue weighted by Crippen LogP contribution is 2.45. The normalized spacial score (nSPS) is 13.8. The summed E-state index contributed by atoms with van der Waals surface area (Å²) in [5.74, 6) is -0.493. The van der Waals surface area contributed by atoms with Crippen LogP contribution in [-0.4, -0.2) is 96.7 Å². The zero-order chi connectivity index (χ0) is 76.4. The van der Waals surface area contributed by atoms with Crippen molar-refractivity contribution in [2.45, 2.75) is 471 Å². The zero-order valence-corrected chi connectivity index (χ0v) is 70.1. The Labute approximate surface area is 638 Å². The van der Waals surface area contributed by atoms with Gasteiger partial charge in [0.1, 0.15) is 19.3 Å². The van der Waals surface area contributed by atoms with Gasteiger partial charge in [0, 0.05) is 25.7 Å². The van der Waals surface area contributed by atoms with Gasteiger partial charge in [-0.15, -0.1) is 0 Å². The maximum absolute atomic E-state index is 13.1. The van der Waals surface area contributed by atoms with Gasteiger partial charge in [-0.1, -0.05) is 401 Å². The first-order chi connectivity index (χ1) is 50.4. The van der Waals surface area contributed by atoms with Gasteiger partial charge in [0.2, 0.25) is 0 Å². The second kappa shape index (κ2) is 76.4. The number of ether oxygens (including phenoxy) is 4. The van der Waals surface area contributed by atoms with Gasteiger partial charge in [-0.05, 0) is 37.5 Å². The summed E-state index contributed by atoms with van der Waals surface area (Å²) in [5, 5.41) is 10.7. The molecule has 104 heavy (non-hydrogen) atoms. The Kier molecular flexibility index (Phi) is 75.0. The smallest absolute Gasteiger partial charge is 0.462 e. The van der Waals surface area contributed by atoms with Gasteiger partial charge < -0.3 is 33.8 Å². The fourth-order valence-corrected chi connectivity index (χ4v) is 14.8. The average Bonchev–Trinajstić information content (AvgIpc) is 0.914. The van der Waals surface area contributed by atoms with Gasteiger partial charge in [0.05, 0.1) is 26.4 Å². The van der Waals surface area contributed by atoms with E-state index in [9.17, 15) is 43.2 Å². The largest absolute Gasteiger partial charge is 0.472 e. The standard InChI is InChI=1S/C85H166O17P2/c1-7-9-11-13-15-17-19-20-21-22-23-28-34-39-45-51-57-63-69-84(89)101-80(73-95-82(87)67-61-55-49-43-18-16-14-12-10-8-2)75-99-103(91,92)97-71-79(86)72-98-104(93,94)100-76-81(102-85(90)70-64-58-52-46-40-35-30-25-27-32-37-42-48-54-60-66-78(5)6)74-96-83(88)68-62-56-50-44-38-33-29-24-26-31-36-41-47-53-59-65-77(3)4/h77-81,86H,7-76H2,1-6H3,(H,91,92)(H,93,94)/t79-,80+,81+/m0/s1. The molecule has 0 spiro atoms. The van der Waals surface area contributed by atoms with Crippen molar-refractivity contribution >= 4 is 39.5 Å². The highest BCUT2D eigenvalue weighted by molar-refractivity contribution is 7.47. The minimum atomic E-state index is -4.96. The summed E-state index contributed by atoms with van der Waals surface area (Å²) in [6, 6.07) is 0. The molecule has 0 fully saturated rings. The van der Waals surface area contributed by atoms with Crippen molar-refractivity contribution < 1.29 is 80.2 Å². The summed E-state index contributed by atoms with van der Waals surface area (Å²) >= 11 is 0. The van der Waals surface area contributed by atoms with Gasteiger partial charge in [0.15, 0.2) is 12.2 Å². The van der Waals surface area contributed by atoms with Crippen LogP contribution in [0, 0.1) is 11.8 Å². The lowest BCUT2D eigenvalue weighted by Crippen LogP contribution is -2.30. The van der Waals surface area contributed by atoms with E-state index in [1.807, 2.05) is 0 Å². The Balaban J connectivity index is 5.23. The number of carbonyl (C=O) groups is 4. The van der Waals surface area contributed by atoms with Crippen LogP contribution in [0.1, 0.15) is 452 Å². The number of hydrogen-bond acceptors (Lipinski definition) is 15. The summed E-state index contributed by atoms with van der Waals surface area (Å²) in [6.45, 7) is 9.72. The van der Waals surface area contributed by atoms with Gasteiger partial charge in [-0.25, -0.2) is 9.13 Å². The van der Waals surface area contributed by atoms with Crippen LogP contribution in [0.15, 0.2) is 0 Å². The summed E-state index contributed by atoms with van der Waals surface area (Å²) in [6.07, 6.45) is 67.9. The van der Waals surface area contributed by atoms with Crippen LogP contribution in [0.4, 0.5) is 0 Å². The van der Waals surface area contributed by atoms with E-state index in [4.69, 9.17) is 37.0 Å². The average molecular weight is 1520 g/mol. The van der Waals surface area contributed by atoms with E-state index >= 15 is 0 Å². The van der Waals surface area contributed by atoms with Gasteiger partial charge in [-0.2, -0.15) is 0 Å². The molecule has 0 radical (unpaired) electrons. The fraction of sp³-hybridized carbons (Fsp3) is 0.953. The van der Waals surface area contributed by atoms with E-state index < -0.39 is 97.5 Å². The third-order valence-corrected chi connectivity index (χ3v) is 21.9. The third kappa shape index (κ3) is 78.2. The molecule has 0 aromatic carbocycles. The highest BCUT2D eigenvalue weighted by atomic mass is 31.2. The van der Waals surface area contributed by atoms with Gasteiger partial charge >= 0.3 is 39.5 Å². The molecule has 0 aliphatic rings. The molecule has 0 aliphatic heterocycles. The quantitative estimate of drug-likeness (QED) is 0.0222. The summed E-state index contributed by atoms with van der Waals surface area (Å²) in [7, 11) is -9.93. The maximum Gasteiger partial charge on any atom is 0.472 e. The number of esters is 4. The Hall–Kier alpha value is -1.94. The number of phosphoric acid groups is 2. The Morgan fingerprint density at radius 2 is 0.442 bits per heavy atom. The monoisotopic (exact) mass is 1520 g/mol. The van der Waals surface area contributed by atoms with Crippen molar-refractivity contribution in [2.24, 2.45) is 11.8 Å². The number of unbranched alkanes of at least 4 members (excludes halogenated alkanes) is 54. The fourth-order valence-electron chi connectivity index (χ4n) is 13.2. The Morgan fingerprint density at radius 3 is 0.654 bits per heavy atom. The Morgan fingerprint density at radius 1 is 0.260 bits per heavy atom. The number of hydrogen-bond donors (Lipinski definition) is 3. The highest BCUT2D eigenvalue weighted by Gasteiger charge is 2.30. The number of carbonyl (C=O) groups excluding carboxylic acids is 4. The summed E-state index contributed by atoms with van der Waals surface area (Å²) < 4.78 is 68.9. The number of rotatable bonds is 84. The molecule has 0 saturated heterocycles.